The van der Waals surface area contributed by atoms with Gasteiger partial charge in [0.25, 0.3) is 0 Å². The monoisotopic (exact) mass is 217 g/mol. The molecule has 1 rings (SSSR count). The Labute approximate surface area is 90.7 Å². The second kappa shape index (κ2) is 7.74. The average Bonchev–Trinajstić information content (AvgIpc) is 2.15. The molecule has 0 bridgehead atoms. The Morgan fingerprint density at radius 1 is 1.36 bits per heavy atom. The lowest BCUT2D eigenvalue weighted by molar-refractivity contribution is -0.704. The summed E-state index contributed by atoms with van der Waals surface area (Å²) >= 11 is 0. The molecule has 0 saturated carbocycles. The topological polar surface area (TPSA) is 33.3 Å². The van der Waals surface area contributed by atoms with E-state index in [1.165, 1.54) is 5.69 Å². The van der Waals surface area contributed by atoms with Crippen LogP contribution in [-0.2, 0) is 11.3 Å². The minimum Gasteiger partial charge on any atom is -1.00 e. The van der Waals surface area contributed by atoms with Crippen molar-refractivity contribution in [3.63, 3.8) is 0 Å². The Morgan fingerprint density at radius 3 is 2.79 bits per heavy atom. The number of aryl methyl sites for hydroxylation is 1. The van der Waals surface area contributed by atoms with E-state index in [0.29, 0.717) is 13.2 Å². The van der Waals surface area contributed by atoms with Crippen molar-refractivity contribution in [2.45, 2.75) is 13.5 Å². The van der Waals surface area contributed by atoms with E-state index < -0.39 is 0 Å². The minimum atomic E-state index is 0. The van der Waals surface area contributed by atoms with Gasteiger partial charge in [0, 0.05) is 19.1 Å². The summed E-state index contributed by atoms with van der Waals surface area (Å²) < 4.78 is 7.29. The van der Waals surface area contributed by atoms with Crippen LogP contribution in [0, 0.1) is 6.92 Å². The van der Waals surface area contributed by atoms with E-state index in [1.807, 2.05) is 18.3 Å². The van der Waals surface area contributed by atoms with Crippen LogP contribution in [0.25, 0.3) is 0 Å². The van der Waals surface area contributed by atoms with Crippen molar-refractivity contribution >= 4 is 0 Å². The van der Waals surface area contributed by atoms with Gasteiger partial charge in [0.15, 0.2) is 18.4 Å². The lowest BCUT2D eigenvalue weighted by atomic mass is 10.3. The lowest BCUT2D eigenvalue weighted by Gasteiger charge is -2.00. The van der Waals surface area contributed by atoms with Crippen molar-refractivity contribution in [2.75, 3.05) is 19.8 Å². The lowest BCUT2D eigenvalue weighted by Crippen LogP contribution is -3.00. The summed E-state index contributed by atoms with van der Waals surface area (Å²) in [5, 5.41) is 8.49. The molecule has 0 radical (unpaired) electrons. The van der Waals surface area contributed by atoms with Gasteiger partial charge in [-0.25, -0.2) is 4.57 Å². The van der Waals surface area contributed by atoms with E-state index in [4.69, 9.17) is 9.84 Å². The maximum absolute atomic E-state index is 8.49. The van der Waals surface area contributed by atoms with Crippen molar-refractivity contribution in [2.24, 2.45) is 0 Å². The molecule has 0 aliphatic carbocycles. The number of hydrogen-bond donors (Lipinski definition) is 1. The Morgan fingerprint density at radius 2 is 2.14 bits per heavy atom. The van der Waals surface area contributed by atoms with Gasteiger partial charge >= 0.3 is 0 Å². The van der Waals surface area contributed by atoms with Crippen molar-refractivity contribution in [3.05, 3.63) is 30.1 Å². The third kappa shape index (κ3) is 4.56. The smallest absolute Gasteiger partial charge is 0.178 e. The van der Waals surface area contributed by atoms with E-state index >= 15 is 0 Å². The summed E-state index contributed by atoms with van der Waals surface area (Å²) in [4.78, 5) is 0. The van der Waals surface area contributed by atoms with Gasteiger partial charge in [0.05, 0.1) is 13.2 Å². The predicted molar refractivity (Wildman–Crippen MR) is 49.3 cm³/mol. The summed E-state index contributed by atoms with van der Waals surface area (Å²) in [6.07, 6.45) is 2.03. The third-order valence-corrected chi connectivity index (χ3v) is 1.88. The molecule has 0 unspecified atom stereocenters. The number of rotatable bonds is 5. The minimum absolute atomic E-state index is 0. The Bertz CT molecular complexity index is 256. The van der Waals surface area contributed by atoms with Crippen molar-refractivity contribution in [3.8, 4) is 0 Å². The molecule has 0 spiro atoms. The maximum atomic E-state index is 8.49. The molecule has 0 amide bonds. The fraction of sp³-hybridized carbons (Fsp3) is 0.500. The summed E-state index contributed by atoms with van der Waals surface area (Å²) in [7, 11) is 0. The Hall–Kier alpha value is -0.640. The van der Waals surface area contributed by atoms with Crippen LogP contribution in [0.15, 0.2) is 24.4 Å². The van der Waals surface area contributed by atoms with Crippen LogP contribution in [0.2, 0.25) is 0 Å². The van der Waals surface area contributed by atoms with E-state index in [2.05, 4.69) is 17.6 Å². The average molecular weight is 218 g/mol. The normalized spacial score (nSPS) is 9.57. The first-order chi connectivity index (χ1) is 6.34. The molecule has 0 saturated heterocycles. The number of pyridine rings is 1. The number of ether oxygens (including phenoxy) is 1. The molecule has 80 valence electrons. The van der Waals surface area contributed by atoms with Crippen LogP contribution >= 0.6 is 0 Å². The molecule has 1 heterocycles. The fourth-order valence-electron chi connectivity index (χ4n) is 1.14. The molecule has 1 aromatic heterocycles. The molecular formula is C10H16ClNO2. The van der Waals surface area contributed by atoms with Gasteiger partial charge in [-0.05, 0) is 0 Å². The van der Waals surface area contributed by atoms with E-state index in [1.54, 1.807) is 0 Å². The van der Waals surface area contributed by atoms with Crippen LogP contribution < -0.4 is 17.0 Å². The number of aromatic nitrogens is 1. The highest BCUT2D eigenvalue weighted by Gasteiger charge is 2.02. The van der Waals surface area contributed by atoms with Crippen LogP contribution in [0.4, 0.5) is 0 Å². The summed E-state index contributed by atoms with van der Waals surface area (Å²) in [6, 6.07) is 6.07. The van der Waals surface area contributed by atoms with Gasteiger partial charge in [-0.1, -0.05) is 6.07 Å². The third-order valence-electron chi connectivity index (χ3n) is 1.88. The summed E-state index contributed by atoms with van der Waals surface area (Å²) in [5.74, 6) is 0. The number of hydrogen-bond acceptors (Lipinski definition) is 2. The van der Waals surface area contributed by atoms with Gasteiger partial charge in [0.1, 0.15) is 6.61 Å². The standard InChI is InChI=1S/C10H16NO2.ClH/c1-10-4-2-3-5-11(10)6-8-13-9-7-12;/h2-5,12H,6-9H2,1H3;1H/q+1;/p-1. The van der Waals surface area contributed by atoms with Gasteiger partial charge in [-0.15, -0.1) is 0 Å². The van der Waals surface area contributed by atoms with E-state index in [9.17, 15) is 0 Å². The highest BCUT2D eigenvalue weighted by atomic mass is 35.5. The zero-order valence-electron chi connectivity index (χ0n) is 8.32. The molecule has 0 atom stereocenters. The first-order valence-corrected chi connectivity index (χ1v) is 4.48. The van der Waals surface area contributed by atoms with Gasteiger partial charge < -0.3 is 22.3 Å². The number of halogens is 1. The van der Waals surface area contributed by atoms with Gasteiger partial charge in [-0.2, -0.15) is 0 Å². The fourth-order valence-corrected chi connectivity index (χ4v) is 1.14. The molecule has 0 fully saturated rings. The van der Waals surface area contributed by atoms with Gasteiger partial charge in [0.2, 0.25) is 0 Å². The maximum Gasteiger partial charge on any atom is 0.178 e. The van der Waals surface area contributed by atoms with Crippen LogP contribution in [0.5, 0.6) is 0 Å². The van der Waals surface area contributed by atoms with E-state index in [0.717, 1.165) is 6.54 Å². The second-order valence-corrected chi connectivity index (χ2v) is 2.87. The molecule has 14 heavy (non-hydrogen) atoms. The molecule has 4 heteroatoms. The molecule has 0 aliphatic rings. The molecule has 3 nitrogen and oxygen atoms in total. The number of aliphatic hydroxyl groups excluding tert-OH is 1. The predicted octanol–water partition coefficient (Wildman–Crippen LogP) is -2.70. The van der Waals surface area contributed by atoms with Crippen LogP contribution in [0.1, 0.15) is 5.69 Å². The SMILES string of the molecule is Cc1cccc[n+]1CCOCCO.[Cl-]. The van der Waals surface area contributed by atoms with Crippen molar-refractivity contribution < 1.29 is 26.8 Å². The van der Waals surface area contributed by atoms with Crippen molar-refractivity contribution in [1.29, 1.82) is 0 Å². The first-order valence-electron chi connectivity index (χ1n) is 4.48. The second-order valence-electron chi connectivity index (χ2n) is 2.87. The quantitative estimate of drug-likeness (QED) is 0.430. The Balaban J connectivity index is 0.00000169. The van der Waals surface area contributed by atoms with Crippen molar-refractivity contribution in [1.82, 2.24) is 0 Å². The highest BCUT2D eigenvalue weighted by Crippen LogP contribution is 1.87. The van der Waals surface area contributed by atoms with Crippen LogP contribution in [0.3, 0.4) is 0 Å². The molecule has 1 aromatic rings. The van der Waals surface area contributed by atoms with E-state index in [-0.39, 0.29) is 19.0 Å². The Kier molecular flexibility index (Phi) is 7.38. The van der Waals surface area contributed by atoms with Gasteiger partial charge in [-0.3, -0.25) is 0 Å². The largest absolute Gasteiger partial charge is 1.00 e. The molecule has 0 aliphatic heterocycles. The number of aliphatic hydroxyl groups is 1. The van der Waals surface area contributed by atoms with Crippen LogP contribution in [-0.4, -0.2) is 24.9 Å². The summed E-state index contributed by atoms with van der Waals surface area (Å²) in [6.45, 7) is 4.07. The number of nitrogens with zero attached hydrogens (tertiary/aromatic N) is 1. The zero-order chi connectivity index (χ0) is 9.52. The highest BCUT2D eigenvalue weighted by molar-refractivity contribution is 4.93. The summed E-state index contributed by atoms with van der Waals surface area (Å²) in [5.41, 5.74) is 1.22. The molecule has 0 aromatic carbocycles. The first kappa shape index (κ1) is 13.4. The zero-order valence-corrected chi connectivity index (χ0v) is 9.07. The molecular weight excluding hydrogens is 202 g/mol. The molecule has 1 N–H and O–H groups in total.